The van der Waals surface area contributed by atoms with Crippen molar-refractivity contribution in [1.29, 1.82) is 0 Å². The molecule has 0 aliphatic rings. The minimum absolute atomic E-state index is 0.204. The molecule has 4 aromatic rings. The quantitative estimate of drug-likeness (QED) is 0.384. The van der Waals surface area contributed by atoms with Crippen LogP contribution in [0, 0.1) is 0 Å². The smallest absolute Gasteiger partial charge is 0.206 e. The zero-order chi connectivity index (χ0) is 22.7. The van der Waals surface area contributed by atoms with Gasteiger partial charge in [-0.25, -0.2) is 0 Å². The van der Waals surface area contributed by atoms with Crippen molar-refractivity contribution in [3.63, 3.8) is 0 Å². The maximum Gasteiger partial charge on any atom is 0.206 e. The summed E-state index contributed by atoms with van der Waals surface area (Å²) in [5.74, 6) is -0.0597. The van der Waals surface area contributed by atoms with Crippen molar-refractivity contribution < 1.29 is 14.0 Å². The number of anilines is 1. The average molecular weight is 425 g/mol. The van der Waals surface area contributed by atoms with E-state index < -0.39 is 5.54 Å². The number of furan rings is 1. The summed E-state index contributed by atoms with van der Waals surface area (Å²) in [5.41, 5.74) is 1.43. The lowest BCUT2D eigenvalue weighted by Gasteiger charge is -2.20. The van der Waals surface area contributed by atoms with E-state index in [-0.39, 0.29) is 34.3 Å². The zero-order valence-electron chi connectivity index (χ0n) is 18.3. The highest BCUT2D eigenvalue weighted by Gasteiger charge is 2.33. The normalized spacial score (nSPS) is 11.2. The van der Waals surface area contributed by atoms with Gasteiger partial charge < -0.3 is 9.73 Å². The van der Waals surface area contributed by atoms with Gasteiger partial charge in [-0.1, -0.05) is 66.7 Å². The summed E-state index contributed by atoms with van der Waals surface area (Å²) in [6.45, 7) is 5.89. The fraction of sp³-hybridized carbons (Fsp3) is 0.148. The molecule has 5 heteroatoms. The van der Waals surface area contributed by atoms with Crippen molar-refractivity contribution >= 4 is 17.5 Å². The molecular weight excluding hydrogens is 400 g/mol. The van der Waals surface area contributed by atoms with Crippen molar-refractivity contribution in [2.45, 2.75) is 26.3 Å². The number of aromatic nitrogens is 1. The number of hydrogen-bond acceptors (Lipinski definition) is 5. The summed E-state index contributed by atoms with van der Waals surface area (Å²) in [4.78, 5) is 31.8. The monoisotopic (exact) mass is 424 g/mol. The topological polar surface area (TPSA) is 72.2 Å². The summed E-state index contributed by atoms with van der Waals surface area (Å²) < 4.78 is 6.18. The Bertz CT molecular complexity index is 1240. The van der Waals surface area contributed by atoms with Crippen molar-refractivity contribution in [1.82, 2.24) is 4.98 Å². The Hall–Kier alpha value is -3.99. The Balaban J connectivity index is 2.01. The molecule has 0 aliphatic carbocycles. The van der Waals surface area contributed by atoms with Crippen LogP contribution in [-0.2, 0) is 0 Å². The molecule has 0 unspecified atom stereocenters. The van der Waals surface area contributed by atoms with E-state index in [2.05, 4.69) is 10.3 Å². The van der Waals surface area contributed by atoms with Gasteiger partial charge >= 0.3 is 0 Å². The van der Waals surface area contributed by atoms with Crippen LogP contribution in [0.2, 0.25) is 0 Å². The minimum Gasteiger partial charge on any atom is -0.437 e. The molecule has 5 nitrogen and oxygen atoms in total. The third kappa shape index (κ3) is 4.37. The number of hydrogen-bond donors (Lipinski definition) is 1. The Morgan fingerprint density at radius 1 is 0.750 bits per heavy atom. The largest absolute Gasteiger partial charge is 0.437 e. The predicted octanol–water partition coefficient (Wildman–Crippen LogP) is 6.01. The first-order valence-corrected chi connectivity index (χ1v) is 10.4. The number of nitrogens with zero attached hydrogens (tertiary/aromatic N) is 1. The molecule has 0 aliphatic heterocycles. The molecule has 0 radical (unpaired) electrons. The lowest BCUT2D eigenvalue weighted by molar-refractivity contribution is 0.100. The van der Waals surface area contributed by atoms with E-state index in [1.54, 1.807) is 66.9 Å². The first-order chi connectivity index (χ1) is 15.3. The van der Waals surface area contributed by atoms with Crippen molar-refractivity contribution in [2.24, 2.45) is 0 Å². The first-order valence-electron chi connectivity index (χ1n) is 10.4. The van der Waals surface area contributed by atoms with Gasteiger partial charge in [0.2, 0.25) is 5.88 Å². The molecule has 4 rings (SSSR count). The van der Waals surface area contributed by atoms with Gasteiger partial charge in [-0.2, -0.15) is 0 Å². The highest BCUT2D eigenvalue weighted by atomic mass is 16.4. The Kier molecular flexibility index (Phi) is 5.73. The van der Waals surface area contributed by atoms with E-state index in [1.165, 1.54) is 0 Å². The third-order valence-corrected chi connectivity index (χ3v) is 4.82. The van der Waals surface area contributed by atoms with Crippen LogP contribution in [-0.4, -0.2) is 22.1 Å². The number of rotatable bonds is 6. The highest BCUT2D eigenvalue weighted by molar-refractivity contribution is 6.23. The van der Waals surface area contributed by atoms with Crippen LogP contribution in [0.5, 0.6) is 0 Å². The zero-order valence-corrected chi connectivity index (χ0v) is 18.3. The van der Waals surface area contributed by atoms with Crippen LogP contribution < -0.4 is 5.32 Å². The third-order valence-electron chi connectivity index (χ3n) is 4.82. The maximum atomic E-state index is 13.7. The first kappa shape index (κ1) is 21.2. The summed E-state index contributed by atoms with van der Waals surface area (Å²) in [5, 5.41) is 3.27. The van der Waals surface area contributed by atoms with E-state index in [0.717, 1.165) is 0 Å². The van der Waals surface area contributed by atoms with E-state index >= 15 is 0 Å². The fourth-order valence-electron chi connectivity index (χ4n) is 3.44. The number of carbonyl (C=O) groups excluding carboxylic acids is 2. The fourth-order valence-corrected chi connectivity index (χ4v) is 3.44. The van der Waals surface area contributed by atoms with Gasteiger partial charge in [0, 0.05) is 22.9 Å². The Labute approximate surface area is 187 Å². The summed E-state index contributed by atoms with van der Waals surface area (Å²) >= 11 is 0. The van der Waals surface area contributed by atoms with Crippen molar-refractivity contribution in [2.75, 3.05) is 5.32 Å². The molecule has 1 N–H and O–H groups in total. The van der Waals surface area contributed by atoms with Gasteiger partial charge in [-0.15, -0.1) is 0 Å². The van der Waals surface area contributed by atoms with Gasteiger partial charge in [0.15, 0.2) is 17.3 Å². The van der Waals surface area contributed by atoms with Crippen LogP contribution in [0.25, 0.3) is 11.5 Å². The molecule has 0 amide bonds. The Morgan fingerprint density at radius 2 is 1.28 bits per heavy atom. The van der Waals surface area contributed by atoms with E-state index in [0.29, 0.717) is 16.8 Å². The minimum atomic E-state index is -0.405. The standard InChI is InChI=1S/C27H24N2O3/c1-27(2,3)29-26-22(24(31)19-14-8-5-9-15-19)21(23(30)18-12-6-4-7-13-18)25(32-26)20-16-10-11-17-28-20/h4-17,29H,1-3H3. The number of ketones is 2. The molecule has 32 heavy (non-hydrogen) atoms. The molecule has 0 saturated heterocycles. The number of carbonyl (C=O) groups is 2. The number of pyridine rings is 1. The second kappa shape index (κ2) is 8.63. The molecular formula is C27H24N2O3. The molecule has 0 bridgehead atoms. The van der Waals surface area contributed by atoms with Gasteiger partial charge in [0.1, 0.15) is 5.69 Å². The van der Waals surface area contributed by atoms with E-state index in [4.69, 9.17) is 4.42 Å². The van der Waals surface area contributed by atoms with Crippen LogP contribution in [0.4, 0.5) is 5.88 Å². The summed E-state index contributed by atoms with van der Waals surface area (Å²) in [6.07, 6.45) is 1.63. The molecule has 0 spiro atoms. The molecule has 160 valence electrons. The molecule has 2 aromatic heterocycles. The highest BCUT2D eigenvalue weighted by Crippen LogP contribution is 2.38. The predicted molar refractivity (Wildman–Crippen MR) is 125 cm³/mol. The van der Waals surface area contributed by atoms with Gasteiger partial charge in [0.05, 0.1) is 11.1 Å². The van der Waals surface area contributed by atoms with E-state index in [1.807, 2.05) is 39.0 Å². The van der Waals surface area contributed by atoms with Crippen LogP contribution in [0.1, 0.15) is 52.6 Å². The second-order valence-corrected chi connectivity index (χ2v) is 8.49. The summed E-state index contributed by atoms with van der Waals surface area (Å²) in [6, 6.07) is 23.1. The van der Waals surface area contributed by atoms with Gasteiger partial charge in [0.25, 0.3) is 0 Å². The van der Waals surface area contributed by atoms with Crippen LogP contribution in [0.3, 0.4) is 0 Å². The van der Waals surface area contributed by atoms with Crippen molar-refractivity contribution in [3.8, 4) is 11.5 Å². The molecule has 0 fully saturated rings. The second-order valence-electron chi connectivity index (χ2n) is 8.49. The number of benzene rings is 2. The maximum absolute atomic E-state index is 13.7. The van der Waals surface area contributed by atoms with Gasteiger partial charge in [-0.05, 0) is 32.9 Å². The van der Waals surface area contributed by atoms with Crippen LogP contribution >= 0.6 is 0 Å². The molecule has 0 atom stereocenters. The average Bonchev–Trinajstić information content (AvgIpc) is 3.17. The molecule has 2 heterocycles. The van der Waals surface area contributed by atoms with Crippen molar-refractivity contribution in [3.05, 3.63) is 107 Å². The molecule has 2 aromatic carbocycles. The lowest BCUT2D eigenvalue weighted by Crippen LogP contribution is -2.27. The SMILES string of the molecule is CC(C)(C)Nc1oc(-c2ccccn2)c(C(=O)c2ccccc2)c1C(=O)c1ccccc1. The lowest BCUT2D eigenvalue weighted by atomic mass is 9.93. The van der Waals surface area contributed by atoms with E-state index in [9.17, 15) is 9.59 Å². The molecule has 0 saturated carbocycles. The Morgan fingerprint density at radius 3 is 1.78 bits per heavy atom. The van der Waals surface area contributed by atoms with Crippen LogP contribution in [0.15, 0.2) is 89.5 Å². The summed E-state index contributed by atoms with van der Waals surface area (Å²) in [7, 11) is 0. The number of nitrogens with one attached hydrogen (secondary N) is 1. The van der Waals surface area contributed by atoms with Gasteiger partial charge in [-0.3, -0.25) is 14.6 Å².